The van der Waals surface area contributed by atoms with E-state index in [1.54, 1.807) is 0 Å². The fourth-order valence-electron chi connectivity index (χ4n) is 3.71. The molecule has 0 radical (unpaired) electrons. The minimum Gasteiger partial charge on any atom is -0.481 e. The quantitative estimate of drug-likeness (QED) is 0.861. The van der Waals surface area contributed by atoms with Gasteiger partial charge in [0.2, 0.25) is 0 Å². The summed E-state index contributed by atoms with van der Waals surface area (Å²) in [6, 6.07) is 18.7. The number of nitrogens with zero attached hydrogens (tertiary/aromatic N) is 2. The normalized spacial score (nSPS) is 19.0. The second-order valence-electron chi connectivity index (χ2n) is 6.96. The van der Waals surface area contributed by atoms with Crippen molar-refractivity contribution in [2.45, 2.75) is 32.0 Å². The first-order valence-corrected chi connectivity index (χ1v) is 9.02. The van der Waals surface area contributed by atoms with Gasteiger partial charge in [-0.15, -0.1) is 0 Å². The van der Waals surface area contributed by atoms with Crippen molar-refractivity contribution < 1.29 is 9.53 Å². The molecule has 130 valence electrons. The van der Waals surface area contributed by atoms with Gasteiger partial charge in [0.1, 0.15) is 5.75 Å². The Morgan fingerprint density at radius 3 is 2.48 bits per heavy atom. The van der Waals surface area contributed by atoms with Gasteiger partial charge in [0.05, 0.1) is 0 Å². The molecule has 0 N–H and O–H groups in total. The molecule has 1 unspecified atom stereocenters. The van der Waals surface area contributed by atoms with E-state index in [9.17, 15) is 4.79 Å². The number of para-hydroxylation sites is 1. The molecule has 0 spiro atoms. The van der Waals surface area contributed by atoms with Crippen LogP contribution in [-0.2, 0) is 17.8 Å². The second-order valence-corrected chi connectivity index (χ2v) is 6.96. The average Bonchev–Trinajstić information content (AvgIpc) is 2.61. The Morgan fingerprint density at radius 2 is 1.72 bits per heavy atom. The number of fused-ring (bicyclic) bond motifs is 1. The van der Waals surface area contributed by atoms with E-state index in [-0.39, 0.29) is 5.91 Å². The van der Waals surface area contributed by atoms with E-state index in [2.05, 4.69) is 29.2 Å². The summed E-state index contributed by atoms with van der Waals surface area (Å²) >= 11 is 0. The molecule has 0 aromatic heterocycles. The van der Waals surface area contributed by atoms with E-state index in [0.717, 1.165) is 38.3 Å². The lowest BCUT2D eigenvalue weighted by Crippen LogP contribution is -2.63. The number of benzene rings is 2. The van der Waals surface area contributed by atoms with Gasteiger partial charge in [-0.1, -0.05) is 42.5 Å². The van der Waals surface area contributed by atoms with Crippen LogP contribution < -0.4 is 4.74 Å². The number of rotatable bonds is 4. The summed E-state index contributed by atoms with van der Waals surface area (Å²) in [6.45, 7) is 5.53. The fraction of sp³-hybridized carbons (Fsp3) is 0.381. The lowest BCUT2D eigenvalue weighted by atomic mass is 9.96. The molecule has 2 aliphatic heterocycles. The molecule has 0 saturated carbocycles. The van der Waals surface area contributed by atoms with Gasteiger partial charge >= 0.3 is 0 Å². The van der Waals surface area contributed by atoms with Crippen LogP contribution in [0.2, 0.25) is 0 Å². The maximum Gasteiger partial charge on any atom is 0.263 e. The monoisotopic (exact) mass is 336 g/mol. The second kappa shape index (κ2) is 6.89. The SMILES string of the molecule is CC(Oc1ccccc1)C(=O)N1CC(N2CCc3ccccc3C2)C1. The van der Waals surface area contributed by atoms with Crippen molar-refractivity contribution in [3.05, 3.63) is 65.7 Å². The molecule has 25 heavy (non-hydrogen) atoms. The molecule has 4 nitrogen and oxygen atoms in total. The first kappa shape index (κ1) is 16.2. The Labute approximate surface area is 149 Å². The van der Waals surface area contributed by atoms with Crippen LogP contribution in [0, 0.1) is 0 Å². The maximum atomic E-state index is 12.5. The van der Waals surface area contributed by atoms with E-state index in [1.807, 2.05) is 42.2 Å². The van der Waals surface area contributed by atoms with Crippen molar-refractivity contribution in [3.8, 4) is 5.75 Å². The summed E-state index contributed by atoms with van der Waals surface area (Å²) < 4.78 is 5.76. The average molecular weight is 336 g/mol. The molecule has 0 bridgehead atoms. The topological polar surface area (TPSA) is 32.8 Å². The van der Waals surface area contributed by atoms with Crippen molar-refractivity contribution in [1.82, 2.24) is 9.80 Å². The molecule has 2 aromatic rings. The van der Waals surface area contributed by atoms with Gasteiger partial charge in [-0.2, -0.15) is 0 Å². The molecule has 1 fully saturated rings. The van der Waals surface area contributed by atoms with Crippen LogP contribution in [0.25, 0.3) is 0 Å². The van der Waals surface area contributed by atoms with Gasteiger partial charge in [-0.05, 0) is 36.6 Å². The third-order valence-corrected chi connectivity index (χ3v) is 5.25. The van der Waals surface area contributed by atoms with Crippen molar-refractivity contribution in [3.63, 3.8) is 0 Å². The molecule has 0 aliphatic carbocycles. The summed E-state index contributed by atoms with van der Waals surface area (Å²) in [7, 11) is 0. The highest BCUT2D eigenvalue weighted by atomic mass is 16.5. The standard InChI is InChI=1S/C21H24N2O2/c1-16(25-20-9-3-2-4-10-20)21(24)23-14-19(15-23)22-12-11-17-7-5-6-8-18(17)13-22/h2-10,16,19H,11-15H2,1H3. The van der Waals surface area contributed by atoms with Gasteiger partial charge < -0.3 is 9.64 Å². The number of hydrogen-bond acceptors (Lipinski definition) is 3. The first-order valence-electron chi connectivity index (χ1n) is 9.02. The number of carbonyl (C=O) groups excluding carboxylic acids is 1. The highest BCUT2D eigenvalue weighted by molar-refractivity contribution is 5.81. The summed E-state index contributed by atoms with van der Waals surface area (Å²) in [6.07, 6.45) is 0.666. The summed E-state index contributed by atoms with van der Waals surface area (Å²) in [5, 5.41) is 0. The molecule has 4 heteroatoms. The number of amides is 1. The van der Waals surface area contributed by atoms with Gasteiger partial charge in [-0.3, -0.25) is 9.69 Å². The number of likely N-dealkylation sites (tertiary alicyclic amines) is 1. The first-order chi connectivity index (χ1) is 12.2. The Kier molecular flexibility index (Phi) is 4.45. The van der Waals surface area contributed by atoms with Crippen LogP contribution in [0.1, 0.15) is 18.1 Å². The predicted molar refractivity (Wildman–Crippen MR) is 97.5 cm³/mol. The zero-order chi connectivity index (χ0) is 17.2. The number of carbonyl (C=O) groups is 1. The molecule has 1 amide bonds. The minimum atomic E-state index is -0.439. The molecular weight excluding hydrogens is 312 g/mol. The highest BCUT2D eigenvalue weighted by Gasteiger charge is 2.37. The van der Waals surface area contributed by atoms with Gasteiger partial charge in [0, 0.05) is 32.2 Å². The van der Waals surface area contributed by atoms with E-state index >= 15 is 0 Å². The van der Waals surface area contributed by atoms with Gasteiger partial charge in [0.25, 0.3) is 5.91 Å². The lowest BCUT2D eigenvalue weighted by molar-refractivity contribution is -0.145. The van der Waals surface area contributed by atoms with E-state index in [4.69, 9.17) is 4.74 Å². The summed E-state index contributed by atoms with van der Waals surface area (Å²) in [5.74, 6) is 0.825. The molecule has 2 aliphatic rings. The van der Waals surface area contributed by atoms with Gasteiger partial charge in [0.15, 0.2) is 6.10 Å². The Balaban J connectivity index is 1.29. The van der Waals surface area contributed by atoms with Crippen LogP contribution in [0.3, 0.4) is 0 Å². The molecule has 2 aromatic carbocycles. The van der Waals surface area contributed by atoms with Crippen LogP contribution in [0.15, 0.2) is 54.6 Å². The fourth-order valence-corrected chi connectivity index (χ4v) is 3.71. The number of ether oxygens (including phenoxy) is 1. The van der Waals surface area contributed by atoms with E-state index < -0.39 is 6.10 Å². The smallest absolute Gasteiger partial charge is 0.263 e. The molecule has 4 rings (SSSR count). The largest absolute Gasteiger partial charge is 0.481 e. The highest BCUT2D eigenvalue weighted by Crippen LogP contribution is 2.25. The third-order valence-electron chi connectivity index (χ3n) is 5.25. The van der Waals surface area contributed by atoms with Crippen molar-refractivity contribution >= 4 is 5.91 Å². The molecule has 1 saturated heterocycles. The summed E-state index contributed by atoms with van der Waals surface area (Å²) in [4.78, 5) is 17.0. The number of hydrogen-bond donors (Lipinski definition) is 0. The predicted octanol–water partition coefficient (Wildman–Crippen LogP) is 2.72. The molecule has 2 heterocycles. The zero-order valence-corrected chi connectivity index (χ0v) is 14.6. The van der Waals surface area contributed by atoms with Crippen molar-refractivity contribution in [2.75, 3.05) is 19.6 Å². The van der Waals surface area contributed by atoms with Crippen LogP contribution in [0.5, 0.6) is 5.75 Å². The van der Waals surface area contributed by atoms with E-state index in [0.29, 0.717) is 6.04 Å². The molecular formula is C21H24N2O2. The Hall–Kier alpha value is -2.33. The van der Waals surface area contributed by atoms with Crippen LogP contribution >= 0.6 is 0 Å². The van der Waals surface area contributed by atoms with Crippen molar-refractivity contribution in [2.24, 2.45) is 0 Å². The van der Waals surface area contributed by atoms with Crippen molar-refractivity contribution in [1.29, 1.82) is 0 Å². The van der Waals surface area contributed by atoms with Crippen LogP contribution in [-0.4, -0.2) is 47.5 Å². The Morgan fingerprint density at radius 1 is 1.04 bits per heavy atom. The molecule has 1 atom stereocenters. The summed E-state index contributed by atoms with van der Waals surface area (Å²) in [5.41, 5.74) is 2.90. The minimum absolute atomic E-state index is 0.0810. The zero-order valence-electron chi connectivity index (χ0n) is 14.6. The Bertz CT molecular complexity index is 741. The van der Waals surface area contributed by atoms with Gasteiger partial charge in [-0.25, -0.2) is 0 Å². The third kappa shape index (κ3) is 3.40. The lowest BCUT2D eigenvalue weighted by Gasteiger charge is -2.47. The van der Waals surface area contributed by atoms with Crippen LogP contribution in [0.4, 0.5) is 0 Å². The van der Waals surface area contributed by atoms with E-state index in [1.165, 1.54) is 11.1 Å². The maximum absolute atomic E-state index is 12.5.